The van der Waals surface area contributed by atoms with Crippen molar-refractivity contribution < 1.29 is 19.4 Å². The smallest absolute Gasteiger partial charge is 0.255 e. The standard InChI is InChI=1S/C31H34ClN5O4/c32-25-7-3-1-5-22(25)28-20-37(16-18-41-28)29(39)21-35-10-9-27-24(19-35)30(23-6-2-4-8-26(23)33-27)31(40)36-13-11-34(12-14-36)15-17-38/h2-4,6-8,16,18,20,38H,1,5,9-15,17,19,21H2. The molecule has 0 unspecified atom stereocenters. The molecule has 4 aliphatic rings. The van der Waals surface area contributed by atoms with Crippen molar-refractivity contribution in [1.29, 1.82) is 0 Å². The number of aliphatic hydroxyl groups excluding tert-OH is 1. The normalized spacial score (nSPS) is 19.8. The molecular formula is C31H34ClN5O4. The van der Waals surface area contributed by atoms with E-state index in [4.69, 9.17) is 21.3 Å². The number of fused-ring (bicyclic) bond motifs is 2. The molecule has 0 saturated carbocycles. The van der Waals surface area contributed by atoms with Gasteiger partial charge in [0.25, 0.3) is 5.91 Å². The molecule has 1 fully saturated rings. The topological polar surface area (TPSA) is 89.5 Å². The molecule has 214 valence electrons. The number of amides is 2. The van der Waals surface area contributed by atoms with Crippen molar-refractivity contribution in [3.63, 3.8) is 0 Å². The monoisotopic (exact) mass is 575 g/mol. The van der Waals surface area contributed by atoms with Crippen LogP contribution in [-0.4, -0.2) is 93.9 Å². The quantitative estimate of drug-likeness (QED) is 0.565. The Kier molecular flexibility index (Phi) is 8.20. The summed E-state index contributed by atoms with van der Waals surface area (Å²) < 4.78 is 5.70. The van der Waals surface area contributed by atoms with Gasteiger partial charge >= 0.3 is 0 Å². The molecule has 2 amide bonds. The first-order chi connectivity index (χ1) is 20.0. The molecule has 1 aliphatic carbocycles. The van der Waals surface area contributed by atoms with Crippen molar-refractivity contribution in [2.75, 3.05) is 52.4 Å². The predicted octanol–water partition coefficient (Wildman–Crippen LogP) is 3.36. The van der Waals surface area contributed by atoms with Gasteiger partial charge in [-0.3, -0.25) is 29.3 Å². The van der Waals surface area contributed by atoms with E-state index in [9.17, 15) is 14.7 Å². The van der Waals surface area contributed by atoms with Gasteiger partial charge in [0, 0.05) is 85.7 Å². The van der Waals surface area contributed by atoms with E-state index in [1.165, 1.54) is 6.26 Å². The van der Waals surface area contributed by atoms with Gasteiger partial charge in [0.2, 0.25) is 5.91 Å². The second-order valence-electron chi connectivity index (χ2n) is 10.7. The molecule has 41 heavy (non-hydrogen) atoms. The average molecular weight is 576 g/mol. The van der Waals surface area contributed by atoms with E-state index in [0.717, 1.165) is 53.7 Å². The molecule has 1 aromatic heterocycles. The lowest BCUT2D eigenvalue weighted by molar-refractivity contribution is -0.128. The Bertz CT molecular complexity index is 1470. The number of hydrogen-bond donors (Lipinski definition) is 1. The molecule has 0 atom stereocenters. The summed E-state index contributed by atoms with van der Waals surface area (Å²) >= 11 is 6.39. The molecule has 1 N–H and O–H groups in total. The summed E-state index contributed by atoms with van der Waals surface area (Å²) in [6, 6.07) is 7.81. The largest absolute Gasteiger partial charge is 0.462 e. The number of para-hydroxylation sites is 1. The first-order valence-corrected chi connectivity index (χ1v) is 14.6. The van der Waals surface area contributed by atoms with Crippen LogP contribution in [0.15, 0.2) is 71.4 Å². The van der Waals surface area contributed by atoms with E-state index >= 15 is 0 Å². The number of pyridine rings is 1. The molecule has 9 nitrogen and oxygen atoms in total. The van der Waals surface area contributed by atoms with Crippen molar-refractivity contribution in [2.24, 2.45) is 0 Å². The van der Waals surface area contributed by atoms with E-state index in [1.54, 1.807) is 17.3 Å². The lowest BCUT2D eigenvalue weighted by atomic mass is 9.94. The van der Waals surface area contributed by atoms with Crippen LogP contribution >= 0.6 is 11.6 Å². The maximum atomic E-state index is 14.0. The fourth-order valence-corrected chi connectivity index (χ4v) is 6.20. The Morgan fingerprint density at radius 2 is 1.88 bits per heavy atom. The van der Waals surface area contributed by atoms with Crippen molar-refractivity contribution in [2.45, 2.75) is 25.8 Å². The number of rotatable bonds is 6. The van der Waals surface area contributed by atoms with Crippen molar-refractivity contribution in [3.05, 3.63) is 88.3 Å². The third-order valence-electron chi connectivity index (χ3n) is 8.15. The zero-order chi connectivity index (χ0) is 28.3. The number of piperazine rings is 1. The number of nitrogens with zero attached hydrogens (tertiary/aromatic N) is 5. The number of benzene rings is 1. The molecule has 10 heteroatoms. The highest BCUT2D eigenvalue weighted by molar-refractivity contribution is 6.31. The van der Waals surface area contributed by atoms with E-state index < -0.39 is 0 Å². The highest BCUT2D eigenvalue weighted by Gasteiger charge is 2.31. The zero-order valence-electron chi connectivity index (χ0n) is 23.0. The summed E-state index contributed by atoms with van der Waals surface area (Å²) in [6.07, 6.45) is 11.0. The average Bonchev–Trinajstić information content (AvgIpc) is 3.00. The number of carbonyl (C=O) groups excluding carboxylic acids is 2. The third kappa shape index (κ3) is 5.81. The van der Waals surface area contributed by atoms with Gasteiger partial charge in [0.15, 0.2) is 0 Å². The minimum Gasteiger partial charge on any atom is -0.462 e. The zero-order valence-corrected chi connectivity index (χ0v) is 23.7. The van der Waals surface area contributed by atoms with Gasteiger partial charge in [-0.1, -0.05) is 35.9 Å². The predicted molar refractivity (Wildman–Crippen MR) is 157 cm³/mol. The van der Waals surface area contributed by atoms with Crippen LogP contribution in [-0.2, 0) is 22.5 Å². The van der Waals surface area contributed by atoms with Crippen LogP contribution in [0.1, 0.15) is 34.5 Å². The van der Waals surface area contributed by atoms with Gasteiger partial charge in [-0.05, 0) is 25.0 Å². The molecule has 6 rings (SSSR count). The summed E-state index contributed by atoms with van der Waals surface area (Å²) in [4.78, 5) is 40.1. The van der Waals surface area contributed by atoms with Gasteiger partial charge in [-0.25, -0.2) is 0 Å². The summed E-state index contributed by atoms with van der Waals surface area (Å²) in [5, 5.41) is 10.8. The molecule has 3 aliphatic heterocycles. The number of hydrogen-bond acceptors (Lipinski definition) is 7. The van der Waals surface area contributed by atoms with Crippen molar-refractivity contribution >= 4 is 34.3 Å². The number of aromatic nitrogens is 1. The Morgan fingerprint density at radius 1 is 1.05 bits per heavy atom. The fourth-order valence-electron chi connectivity index (χ4n) is 5.92. The molecule has 4 heterocycles. The second-order valence-corrected chi connectivity index (χ2v) is 11.1. The Hall–Kier alpha value is -3.50. The highest BCUT2D eigenvalue weighted by atomic mass is 35.5. The highest BCUT2D eigenvalue weighted by Crippen LogP contribution is 2.32. The molecular weight excluding hydrogens is 542 g/mol. The van der Waals surface area contributed by atoms with E-state index in [0.29, 0.717) is 55.5 Å². The first-order valence-electron chi connectivity index (χ1n) is 14.2. The van der Waals surface area contributed by atoms with Crippen LogP contribution < -0.4 is 0 Å². The Morgan fingerprint density at radius 3 is 2.68 bits per heavy atom. The minimum absolute atomic E-state index is 0.00653. The summed E-state index contributed by atoms with van der Waals surface area (Å²) in [5.74, 6) is 0.504. The molecule has 0 radical (unpaired) electrons. The van der Waals surface area contributed by atoms with E-state index in [2.05, 4.69) is 9.80 Å². The third-order valence-corrected chi connectivity index (χ3v) is 8.50. The number of aliphatic hydroxyl groups is 1. The van der Waals surface area contributed by atoms with Gasteiger partial charge in [0.1, 0.15) is 12.0 Å². The van der Waals surface area contributed by atoms with E-state index in [-0.39, 0.29) is 25.0 Å². The summed E-state index contributed by atoms with van der Waals surface area (Å²) in [6.45, 7) is 4.77. The molecule has 0 bridgehead atoms. The number of allylic oxidation sites excluding steroid dienone is 4. The van der Waals surface area contributed by atoms with Crippen LogP contribution in [0.5, 0.6) is 0 Å². The lowest BCUT2D eigenvalue weighted by Crippen LogP contribution is -2.49. The Labute approximate surface area is 244 Å². The lowest BCUT2D eigenvalue weighted by Gasteiger charge is -2.36. The Balaban J connectivity index is 1.23. The van der Waals surface area contributed by atoms with Gasteiger partial charge < -0.3 is 14.7 Å². The maximum absolute atomic E-state index is 14.0. The van der Waals surface area contributed by atoms with Crippen LogP contribution in [0.4, 0.5) is 0 Å². The molecule has 1 aromatic carbocycles. The molecule has 1 saturated heterocycles. The first kappa shape index (κ1) is 27.7. The SMILES string of the molecule is O=C(CN1CCc2nc3ccccc3c(C(=O)N3CCN(CCO)CC3)c2C1)N1C=COC(C2=C(Cl)C=CCC2)=C1. The number of halogens is 1. The minimum atomic E-state index is -0.0878. The number of ether oxygens (including phenoxy) is 1. The fraction of sp³-hybridized carbons (Fsp3) is 0.387. The summed E-state index contributed by atoms with van der Waals surface area (Å²) in [7, 11) is 0. The molecule has 0 spiro atoms. The summed E-state index contributed by atoms with van der Waals surface area (Å²) in [5.41, 5.74) is 4.24. The van der Waals surface area contributed by atoms with Crippen molar-refractivity contribution in [3.8, 4) is 0 Å². The van der Waals surface area contributed by atoms with Gasteiger partial charge in [-0.2, -0.15) is 0 Å². The van der Waals surface area contributed by atoms with Crippen LogP contribution in [0.3, 0.4) is 0 Å². The second kappa shape index (κ2) is 12.2. The van der Waals surface area contributed by atoms with Crippen LogP contribution in [0, 0.1) is 0 Å². The number of β-amino-alcohol motifs (C(OH)–C–C–N with tert-alkyl or cyclic N) is 1. The van der Waals surface area contributed by atoms with Crippen LogP contribution in [0.25, 0.3) is 10.9 Å². The van der Waals surface area contributed by atoms with Crippen LogP contribution in [0.2, 0.25) is 0 Å². The maximum Gasteiger partial charge on any atom is 0.255 e. The van der Waals surface area contributed by atoms with Crippen molar-refractivity contribution in [1.82, 2.24) is 24.6 Å². The van der Waals surface area contributed by atoms with Gasteiger partial charge in [-0.15, -0.1) is 0 Å². The van der Waals surface area contributed by atoms with E-state index in [1.807, 2.05) is 41.3 Å². The van der Waals surface area contributed by atoms with Gasteiger partial charge in [0.05, 0.1) is 30.4 Å². The number of carbonyl (C=O) groups is 2. The molecule has 2 aromatic rings.